The molecule has 2 rings (SSSR count). The topological polar surface area (TPSA) is 81.1 Å². The average Bonchev–Trinajstić information content (AvgIpc) is 2.74. The fourth-order valence-electron chi connectivity index (χ4n) is 2.21. The number of nitrogens with zero attached hydrogens (tertiary/aromatic N) is 2. The number of para-hydroxylation sites is 2. The molecule has 0 bridgehead atoms. The summed E-state index contributed by atoms with van der Waals surface area (Å²) in [5, 5.41) is 9.35. The number of hydrogen-bond acceptors (Lipinski definition) is 3. The van der Waals surface area contributed by atoms with Gasteiger partial charge in [-0.1, -0.05) is 19.1 Å². The molecule has 0 spiro atoms. The number of aryl methyl sites for hydroxylation is 1. The number of carboxylic acids is 1. The van der Waals surface area contributed by atoms with E-state index in [-0.39, 0.29) is 0 Å². The molecule has 0 aliphatic heterocycles. The molecule has 1 aromatic carbocycles. The summed E-state index contributed by atoms with van der Waals surface area (Å²) < 4.78 is 1.80. The van der Waals surface area contributed by atoms with Crippen LogP contribution in [-0.2, 0) is 11.2 Å². The summed E-state index contributed by atoms with van der Waals surface area (Å²) in [7, 11) is 0. The van der Waals surface area contributed by atoms with Crippen molar-refractivity contribution in [1.29, 1.82) is 0 Å². The van der Waals surface area contributed by atoms with Gasteiger partial charge >= 0.3 is 5.97 Å². The molecule has 96 valence electrons. The van der Waals surface area contributed by atoms with Crippen molar-refractivity contribution in [2.24, 2.45) is 5.73 Å². The number of hydrogen-bond donors (Lipinski definition) is 2. The predicted octanol–water partition coefficient (Wildman–Crippen LogP) is 1.57. The molecule has 1 atom stereocenters. The van der Waals surface area contributed by atoms with Gasteiger partial charge in [-0.15, -0.1) is 0 Å². The summed E-state index contributed by atoms with van der Waals surface area (Å²) in [4.78, 5) is 15.9. The molecule has 5 heteroatoms. The summed E-state index contributed by atoms with van der Waals surface area (Å²) in [5.41, 5.74) is 7.20. The molecular weight excluding hydrogens is 230 g/mol. The lowest BCUT2D eigenvalue weighted by Gasteiger charge is -2.16. The molecule has 3 N–H and O–H groups in total. The highest BCUT2D eigenvalue weighted by Gasteiger charge is 2.23. The van der Waals surface area contributed by atoms with Gasteiger partial charge in [-0.2, -0.15) is 0 Å². The monoisotopic (exact) mass is 247 g/mol. The number of benzene rings is 1. The molecule has 18 heavy (non-hydrogen) atoms. The molecule has 0 aliphatic rings. The number of rotatable bonds is 5. The van der Waals surface area contributed by atoms with Crippen LogP contribution >= 0.6 is 0 Å². The Labute approximate surface area is 105 Å². The van der Waals surface area contributed by atoms with Crippen molar-refractivity contribution in [3.63, 3.8) is 0 Å². The smallest absolute Gasteiger partial charge is 0.326 e. The number of fused-ring (bicyclic) bond motifs is 1. The van der Waals surface area contributed by atoms with E-state index in [2.05, 4.69) is 4.98 Å². The zero-order valence-electron chi connectivity index (χ0n) is 10.3. The van der Waals surface area contributed by atoms with Gasteiger partial charge in [0, 0.05) is 6.42 Å². The van der Waals surface area contributed by atoms with E-state index in [1.54, 1.807) is 4.57 Å². The minimum Gasteiger partial charge on any atom is -0.480 e. The van der Waals surface area contributed by atoms with Gasteiger partial charge in [0.2, 0.25) is 0 Å². The number of aromatic nitrogens is 2. The van der Waals surface area contributed by atoms with Crippen LogP contribution in [0.25, 0.3) is 11.0 Å². The molecule has 0 amide bonds. The quantitative estimate of drug-likeness (QED) is 0.840. The van der Waals surface area contributed by atoms with Crippen molar-refractivity contribution in [2.45, 2.75) is 25.8 Å². The van der Waals surface area contributed by atoms with E-state index in [0.29, 0.717) is 19.4 Å². The van der Waals surface area contributed by atoms with Crippen LogP contribution in [0.5, 0.6) is 0 Å². The number of imidazole rings is 1. The minimum atomic E-state index is -0.863. The summed E-state index contributed by atoms with van der Waals surface area (Å²) in [6.45, 7) is 2.31. The van der Waals surface area contributed by atoms with Gasteiger partial charge in [-0.3, -0.25) is 0 Å². The third-order valence-corrected chi connectivity index (χ3v) is 3.02. The SMILES string of the molecule is CCc1nc2ccccc2n1C(CCN)C(=O)O. The molecule has 1 heterocycles. The second kappa shape index (κ2) is 5.18. The molecule has 2 aromatic rings. The van der Waals surface area contributed by atoms with E-state index in [0.717, 1.165) is 16.9 Å². The molecule has 0 fully saturated rings. The van der Waals surface area contributed by atoms with Crippen LogP contribution in [0.15, 0.2) is 24.3 Å². The predicted molar refractivity (Wildman–Crippen MR) is 69.5 cm³/mol. The second-order valence-electron chi connectivity index (χ2n) is 4.17. The first-order valence-corrected chi connectivity index (χ1v) is 6.07. The van der Waals surface area contributed by atoms with Crippen LogP contribution in [0.4, 0.5) is 0 Å². The molecule has 0 aliphatic carbocycles. The van der Waals surface area contributed by atoms with Crippen LogP contribution in [0.3, 0.4) is 0 Å². The maximum atomic E-state index is 11.4. The first-order valence-electron chi connectivity index (χ1n) is 6.07. The Hall–Kier alpha value is -1.88. The van der Waals surface area contributed by atoms with E-state index in [9.17, 15) is 9.90 Å². The van der Waals surface area contributed by atoms with Gasteiger partial charge in [0.1, 0.15) is 11.9 Å². The first kappa shape index (κ1) is 12.6. The van der Waals surface area contributed by atoms with Crippen molar-refractivity contribution >= 4 is 17.0 Å². The third kappa shape index (κ3) is 2.09. The minimum absolute atomic E-state index is 0.340. The molecule has 1 unspecified atom stereocenters. The van der Waals surface area contributed by atoms with Gasteiger partial charge < -0.3 is 15.4 Å². The van der Waals surface area contributed by atoms with Gasteiger partial charge in [0.25, 0.3) is 0 Å². The third-order valence-electron chi connectivity index (χ3n) is 3.02. The fraction of sp³-hybridized carbons (Fsp3) is 0.385. The first-order chi connectivity index (χ1) is 8.69. The van der Waals surface area contributed by atoms with E-state index in [4.69, 9.17) is 5.73 Å². The van der Waals surface area contributed by atoms with Crippen LogP contribution in [0.1, 0.15) is 25.2 Å². The van der Waals surface area contributed by atoms with E-state index < -0.39 is 12.0 Å². The Morgan fingerprint density at radius 3 is 2.83 bits per heavy atom. The zero-order valence-corrected chi connectivity index (χ0v) is 10.3. The van der Waals surface area contributed by atoms with Crippen LogP contribution in [0.2, 0.25) is 0 Å². The Morgan fingerprint density at radius 2 is 2.22 bits per heavy atom. The largest absolute Gasteiger partial charge is 0.480 e. The highest BCUT2D eigenvalue weighted by Crippen LogP contribution is 2.23. The van der Waals surface area contributed by atoms with E-state index >= 15 is 0 Å². The Bertz CT molecular complexity index is 562. The van der Waals surface area contributed by atoms with Crippen LogP contribution in [-0.4, -0.2) is 27.2 Å². The average molecular weight is 247 g/mol. The molecule has 0 radical (unpaired) electrons. The highest BCUT2D eigenvalue weighted by molar-refractivity contribution is 5.80. The Kier molecular flexibility index (Phi) is 3.62. The van der Waals surface area contributed by atoms with Gasteiger partial charge in [0.15, 0.2) is 0 Å². The van der Waals surface area contributed by atoms with Gasteiger partial charge in [-0.05, 0) is 25.1 Å². The molecular formula is C13H17N3O2. The fourth-order valence-corrected chi connectivity index (χ4v) is 2.21. The number of nitrogens with two attached hydrogens (primary N) is 1. The lowest BCUT2D eigenvalue weighted by molar-refractivity contribution is -0.141. The number of carboxylic acid groups (broad SMARTS) is 1. The van der Waals surface area contributed by atoms with Crippen molar-refractivity contribution < 1.29 is 9.90 Å². The van der Waals surface area contributed by atoms with Crippen molar-refractivity contribution in [2.75, 3.05) is 6.54 Å². The molecule has 1 aromatic heterocycles. The molecule has 5 nitrogen and oxygen atoms in total. The summed E-state index contributed by atoms with van der Waals surface area (Å²) in [5.74, 6) is -0.0737. The summed E-state index contributed by atoms with van der Waals surface area (Å²) in [6, 6.07) is 6.94. The number of carbonyl (C=O) groups is 1. The van der Waals surface area contributed by atoms with Crippen molar-refractivity contribution in [1.82, 2.24) is 9.55 Å². The lowest BCUT2D eigenvalue weighted by Crippen LogP contribution is -2.23. The van der Waals surface area contributed by atoms with Crippen molar-refractivity contribution in [3.8, 4) is 0 Å². The standard InChI is InChI=1S/C13H17N3O2/c1-2-12-15-9-5-3-4-6-10(9)16(12)11(7-8-14)13(17)18/h3-6,11H,2,7-8,14H2,1H3,(H,17,18). The molecule has 0 saturated carbocycles. The summed E-state index contributed by atoms with van der Waals surface area (Å²) >= 11 is 0. The molecule has 0 saturated heterocycles. The van der Waals surface area contributed by atoms with Crippen LogP contribution < -0.4 is 5.73 Å². The normalized spacial score (nSPS) is 12.8. The second-order valence-corrected chi connectivity index (χ2v) is 4.17. The summed E-state index contributed by atoms with van der Waals surface area (Å²) in [6.07, 6.45) is 1.10. The van der Waals surface area contributed by atoms with Crippen LogP contribution in [0, 0.1) is 0 Å². The van der Waals surface area contributed by atoms with Gasteiger partial charge in [0.05, 0.1) is 11.0 Å². The van der Waals surface area contributed by atoms with Crippen molar-refractivity contribution in [3.05, 3.63) is 30.1 Å². The maximum absolute atomic E-state index is 11.4. The van der Waals surface area contributed by atoms with Gasteiger partial charge in [-0.25, -0.2) is 9.78 Å². The lowest BCUT2D eigenvalue weighted by atomic mass is 10.2. The maximum Gasteiger partial charge on any atom is 0.326 e. The Balaban J connectivity index is 2.62. The van der Waals surface area contributed by atoms with E-state index in [1.165, 1.54) is 0 Å². The van der Waals surface area contributed by atoms with E-state index in [1.807, 2.05) is 31.2 Å². The zero-order chi connectivity index (χ0) is 13.1. The highest BCUT2D eigenvalue weighted by atomic mass is 16.4. The Morgan fingerprint density at radius 1 is 1.50 bits per heavy atom. The number of aliphatic carboxylic acids is 1.